The summed E-state index contributed by atoms with van der Waals surface area (Å²) in [5, 5.41) is 3.45. The topological polar surface area (TPSA) is 42.3 Å². The van der Waals surface area contributed by atoms with Crippen LogP contribution in [0.4, 0.5) is 5.95 Å². The van der Waals surface area contributed by atoms with Crippen molar-refractivity contribution in [2.45, 2.75) is 32.9 Å². The van der Waals surface area contributed by atoms with E-state index in [2.05, 4.69) is 32.9 Å². The minimum Gasteiger partial charge on any atom is -0.382 e. The molecule has 5 heteroatoms. The average Bonchev–Trinajstić information content (AvgIpc) is 2.83. The first kappa shape index (κ1) is 13.4. The summed E-state index contributed by atoms with van der Waals surface area (Å²) in [6.07, 6.45) is 5.00. The Balaban J connectivity index is 1.90. The van der Waals surface area contributed by atoms with Gasteiger partial charge in [0.1, 0.15) is 0 Å². The van der Waals surface area contributed by atoms with E-state index in [9.17, 15) is 0 Å². The SMILES string of the molecule is CCOCCCn1ccnc1N1CCN[C@H](C)C1. The molecule has 2 heterocycles. The van der Waals surface area contributed by atoms with Crippen LogP contribution in [0.3, 0.4) is 0 Å². The third-order valence-corrected chi connectivity index (χ3v) is 3.24. The molecule has 1 aromatic heterocycles. The summed E-state index contributed by atoms with van der Waals surface area (Å²) < 4.78 is 7.61. The predicted molar refractivity (Wildman–Crippen MR) is 73.0 cm³/mol. The standard InChI is InChI=1S/C13H24N4O/c1-3-18-10-4-7-16-8-6-15-13(16)17-9-5-14-12(2)11-17/h6,8,12,14H,3-5,7,9-11H2,1-2H3/t12-/m1/s1. The molecule has 2 rings (SSSR count). The average molecular weight is 252 g/mol. The molecule has 0 spiro atoms. The highest BCUT2D eigenvalue weighted by Gasteiger charge is 2.19. The molecule has 0 aliphatic carbocycles. The zero-order chi connectivity index (χ0) is 12.8. The maximum absolute atomic E-state index is 5.38. The second-order valence-electron chi connectivity index (χ2n) is 4.77. The van der Waals surface area contributed by atoms with Crippen LogP contribution < -0.4 is 10.2 Å². The molecular weight excluding hydrogens is 228 g/mol. The minimum absolute atomic E-state index is 0.535. The third kappa shape index (κ3) is 3.46. The highest BCUT2D eigenvalue weighted by Crippen LogP contribution is 2.14. The highest BCUT2D eigenvalue weighted by atomic mass is 16.5. The molecule has 0 aromatic carbocycles. The number of aryl methyl sites for hydroxylation is 1. The molecule has 18 heavy (non-hydrogen) atoms. The number of piperazine rings is 1. The van der Waals surface area contributed by atoms with Crippen LogP contribution in [0.15, 0.2) is 12.4 Å². The Morgan fingerprint density at radius 3 is 3.22 bits per heavy atom. The summed E-state index contributed by atoms with van der Waals surface area (Å²) in [4.78, 5) is 6.86. The van der Waals surface area contributed by atoms with Gasteiger partial charge in [-0.1, -0.05) is 0 Å². The molecule has 0 bridgehead atoms. The van der Waals surface area contributed by atoms with Crippen molar-refractivity contribution < 1.29 is 4.74 Å². The maximum atomic E-state index is 5.38. The van der Waals surface area contributed by atoms with Gasteiger partial charge >= 0.3 is 0 Å². The van der Waals surface area contributed by atoms with Crippen molar-refractivity contribution in [1.29, 1.82) is 0 Å². The van der Waals surface area contributed by atoms with Gasteiger partial charge in [0.05, 0.1) is 0 Å². The first-order valence-electron chi connectivity index (χ1n) is 6.88. The van der Waals surface area contributed by atoms with Gasteiger partial charge in [-0.3, -0.25) is 0 Å². The number of rotatable bonds is 6. The number of anilines is 1. The van der Waals surface area contributed by atoms with Crippen LogP contribution in [0.1, 0.15) is 20.3 Å². The number of ether oxygens (including phenoxy) is 1. The van der Waals surface area contributed by atoms with E-state index < -0.39 is 0 Å². The molecule has 0 saturated carbocycles. The summed E-state index contributed by atoms with van der Waals surface area (Å²) in [5.74, 6) is 1.10. The van der Waals surface area contributed by atoms with Crippen LogP contribution >= 0.6 is 0 Å². The maximum Gasteiger partial charge on any atom is 0.205 e. The number of hydrogen-bond donors (Lipinski definition) is 1. The van der Waals surface area contributed by atoms with Crippen LogP contribution in [0.2, 0.25) is 0 Å². The van der Waals surface area contributed by atoms with Gasteiger partial charge in [0.2, 0.25) is 5.95 Å². The van der Waals surface area contributed by atoms with Crippen molar-refractivity contribution in [1.82, 2.24) is 14.9 Å². The summed E-state index contributed by atoms with van der Waals surface area (Å²) in [6.45, 7) is 9.95. The Morgan fingerprint density at radius 1 is 1.56 bits per heavy atom. The summed E-state index contributed by atoms with van der Waals surface area (Å²) in [7, 11) is 0. The van der Waals surface area contributed by atoms with E-state index in [1.807, 2.05) is 13.1 Å². The lowest BCUT2D eigenvalue weighted by molar-refractivity contribution is 0.141. The Kier molecular flexibility index (Phi) is 5.01. The Labute approximate surface area is 109 Å². The van der Waals surface area contributed by atoms with Crippen LogP contribution in [0, 0.1) is 0 Å². The van der Waals surface area contributed by atoms with Crippen LogP contribution in [0.5, 0.6) is 0 Å². The first-order valence-corrected chi connectivity index (χ1v) is 6.88. The van der Waals surface area contributed by atoms with Crippen LogP contribution in [-0.4, -0.2) is 48.4 Å². The Hall–Kier alpha value is -1.07. The van der Waals surface area contributed by atoms with Gasteiger partial charge in [-0.2, -0.15) is 0 Å². The fourth-order valence-corrected chi connectivity index (χ4v) is 2.35. The second-order valence-corrected chi connectivity index (χ2v) is 4.77. The zero-order valence-electron chi connectivity index (χ0n) is 11.4. The van der Waals surface area contributed by atoms with Gasteiger partial charge in [0.15, 0.2) is 0 Å². The largest absolute Gasteiger partial charge is 0.382 e. The summed E-state index contributed by atoms with van der Waals surface area (Å²) in [5.41, 5.74) is 0. The van der Waals surface area contributed by atoms with E-state index in [0.717, 1.165) is 51.8 Å². The van der Waals surface area contributed by atoms with Gasteiger partial charge in [-0.25, -0.2) is 4.98 Å². The lowest BCUT2D eigenvalue weighted by atomic mass is 10.2. The molecule has 0 radical (unpaired) electrons. The molecule has 1 aromatic rings. The molecule has 1 saturated heterocycles. The number of nitrogens with one attached hydrogen (secondary N) is 1. The molecule has 0 amide bonds. The van der Waals surface area contributed by atoms with E-state index in [1.54, 1.807) is 0 Å². The van der Waals surface area contributed by atoms with E-state index in [4.69, 9.17) is 4.74 Å². The van der Waals surface area contributed by atoms with E-state index in [-0.39, 0.29) is 0 Å². The van der Waals surface area contributed by atoms with Crippen LogP contribution in [0.25, 0.3) is 0 Å². The van der Waals surface area contributed by atoms with Gasteiger partial charge in [-0.05, 0) is 20.3 Å². The number of hydrogen-bond acceptors (Lipinski definition) is 4. The molecule has 1 aliphatic rings. The van der Waals surface area contributed by atoms with Gasteiger partial charge in [0, 0.05) is 57.8 Å². The van der Waals surface area contributed by atoms with Crippen molar-refractivity contribution >= 4 is 5.95 Å². The molecule has 1 aliphatic heterocycles. The van der Waals surface area contributed by atoms with Gasteiger partial charge < -0.3 is 19.5 Å². The molecule has 102 valence electrons. The lowest BCUT2D eigenvalue weighted by Gasteiger charge is -2.32. The fraction of sp³-hybridized carbons (Fsp3) is 0.769. The van der Waals surface area contributed by atoms with Crippen LogP contribution in [-0.2, 0) is 11.3 Å². The third-order valence-electron chi connectivity index (χ3n) is 3.24. The van der Waals surface area contributed by atoms with Crippen molar-refractivity contribution in [3.05, 3.63) is 12.4 Å². The number of imidazole rings is 1. The molecule has 1 atom stereocenters. The van der Waals surface area contributed by atoms with E-state index in [1.165, 1.54) is 0 Å². The van der Waals surface area contributed by atoms with Crippen molar-refractivity contribution in [2.24, 2.45) is 0 Å². The highest BCUT2D eigenvalue weighted by molar-refractivity contribution is 5.32. The number of aromatic nitrogens is 2. The smallest absolute Gasteiger partial charge is 0.205 e. The first-order chi connectivity index (χ1) is 8.81. The molecule has 1 N–H and O–H groups in total. The predicted octanol–water partition coefficient (Wildman–Crippen LogP) is 1.11. The fourth-order valence-electron chi connectivity index (χ4n) is 2.35. The van der Waals surface area contributed by atoms with Crippen molar-refractivity contribution in [3.63, 3.8) is 0 Å². The van der Waals surface area contributed by atoms with Crippen molar-refractivity contribution in [2.75, 3.05) is 37.7 Å². The lowest BCUT2D eigenvalue weighted by Crippen LogP contribution is -2.50. The molecule has 0 unspecified atom stereocenters. The number of nitrogens with zero attached hydrogens (tertiary/aromatic N) is 3. The van der Waals surface area contributed by atoms with E-state index >= 15 is 0 Å². The van der Waals surface area contributed by atoms with Crippen molar-refractivity contribution in [3.8, 4) is 0 Å². The normalized spacial score (nSPS) is 20.3. The Bertz CT molecular complexity index is 353. The van der Waals surface area contributed by atoms with E-state index in [0.29, 0.717) is 6.04 Å². The summed E-state index contributed by atoms with van der Waals surface area (Å²) >= 11 is 0. The monoisotopic (exact) mass is 252 g/mol. The molecule has 1 fully saturated rings. The quantitative estimate of drug-likeness (QED) is 0.770. The zero-order valence-corrected chi connectivity index (χ0v) is 11.4. The molecular formula is C13H24N4O. The summed E-state index contributed by atoms with van der Waals surface area (Å²) in [6, 6.07) is 0.535. The second kappa shape index (κ2) is 6.75. The van der Waals surface area contributed by atoms with Gasteiger partial charge in [-0.15, -0.1) is 0 Å². The van der Waals surface area contributed by atoms with Gasteiger partial charge in [0.25, 0.3) is 0 Å². The molecule has 5 nitrogen and oxygen atoms in total. The minimum atomic E-state index is 0.535. The Morgan fingerprint density at radius 2 is 2.44 bits per heavy atom.